The Labute approximate surface area is 138 Å². The molecule has 5 heteroatoms. The molecule has 3 N–H and O–H groups in total. The first kappa shape index (κ1) is 14.1. The first-order valence-corrected chi connectivity index (χ1v) is 7.49. The summed E-state index contributed by atoms with van der Waals surface area (Å²) in [5.74, 6) is 5.79. The van der Waals surface area contributed by atoms with E-state index in [9.17, 15) is 5.11 Å². The van der Waals surface area contributed by atoms with Gasteiger partial charge in [-0.15, -0.1) is 0 Å². The van der Waals surface area contributed by atoms with Crippen molar-refractivity contribution in [2.75, 3.05) is 0 Å². The summed E-state index contributed by atoms with van der Waals surface area (Å²) in [4.78, 5) is 8.98. The highest BCUT2D eigenvalue weighted by molar-refractivity contribution is 6.18. The Kier molecular flexibility index (Phi) is 3.31. The van der Waals surface area contributed by atoms with Gasteiger partial charge in [0.1, 0.15) is 17.0 Å². The number of aromatic hydroxyl groups is 1. The van der Waals surface area contributed by atoms with Gasteiger partial charge in [-0.05, 0) is 18.2 Å². The maximum absolute atomic E-state index is 10.0. The van der Waals surface area contributed by atoms with Crippen LogP contribution in [-0.2, 0) is 0 Å². The van der Waals surface area contributed by atoms with Crippen LogP contribution in [0.4, 0.5) is 0 Å². The first-order valence-electron chi connectivity index (χ1n) is 7.49. The molecule has 0 atom stereocenters. The van der Waals surface area contributed by atoms with E-state index in [1.54, 1.807) is 18.3 Å². The van der Waals surface area contributed by atoms with E-state index in [1.807, 2.05) is 48.5 Å². The van der Waals surface area contributed by atoms with Crippen molar-refractivity contribution in [1.29, 1.82) is 0 Å². The van der Waals surface area contributed by atoms with Crippen molar-refractivity contribution in [2.45, 2.75) is 0 Å². The number of phenolic OH excluding ortho intramolecular Hbond substituents is 1. The number of nitrogens with zero attached hydrogens (tertiary/aromatic N) is 3. The average molecular weight is 314 g/mol. The smallest absolute Gasteiger partial charge is 0.141 e. The highest BCUT2D eigenvalue weighted by Gasteiger charge is 2.14. The summed E-state index contributed by atoms with van der Waals surface area (Å²) < 4.78 is 0. The molecule has 0 saturated heterocycles. The Morgan fingerprint density at radius 3 is 2.46 bits per heavy atom. The molecule has 5 nitrogen and oxygen atoms in total. The fourth-order valence-electron chi connectivity index (χ4n) is 2.83. The van der Waals surface area contributed by atoms with Crippen LogP contribution in [-0.4, -0.2) is 20.8 Å². The van der Waals surface area contributed by atoms with Crippen molar-refractivity contribution in [3.8, 4) is 5.75 Å². The number of pyridine rings is 2. The summed E-state index contributed by atoms with van der Waals surface area (Å²) in [5.41, 5.74) is 3.25. The van der Waals surface area contributed by atoms with E-state index >= 15 is 0 Å². The zero-order valence-corrected chi connectivity index (χ0v) is 12.7. The molecule has 0 amide bonds. The van der Waals surface area contributed by atoms with Gasteiger partial charge in [-0.1, -0.05) is 42.5 Å². The highest BCUT2D eigenvalue weighted by atomic mass is 16.3. The van der Waals surface area contributed by atoms with E-state index in [0.717, 1.165) is 21.9 Å². The Morgan fingerprint density at radius 1 is 0.875 bits per heavy atom. The molecule has 0 aliphatic carbocycles. The van der Waals surface area contributed by atoms with Crippen molar-refractivity contribution in [1.82, 2.24) is 9.97 Å². The van der Waals surface area contributed by atoms with Gasteiger partial charge < -0.3 is 10.9 Å². The number of hydrogen-bond acceptors (Lipinski definition) is 5. The lowest BCUT2D eigenvalue weighted by Crippen LogP contribution is -2.10. The number of aromatic nitrogens is 2. The molecule has 0 fully saturated rings. The van der Waals surface area contributed by atoms with Crippen molar-refractivity contribution in [3.63, 3.8) is 0 Å². The number of para-hydroxylation sites is 2. The molecule has 0 spiro atoms. The van der Waals surface area contributed by atoms with Crippen LogP contribution in [0.5, 0.6) is 5.75 Å². The number of hydrazone groups is 1. The third kappa shape index (κ3) is 2.23. The SMILES string of the molecule is N/N=C(\c1ccc2cccc(O)c2n1)c1cccc2cccnc12. The standard InChI is InChI=1S/C19H14N4O/c20-23-19(14-7-1-4-12-6-3-11-21-17(12)14)15-10-9-13-5-2-8-16(24)18(13)22-15/h1-11,24H,20H2/b23-19-. The lowest BCUT2D eigenvalue weighted by Gasteiger charge is -2.09. The molecule has 2 aromatic carbocycles. The number of benzene rings is 2. The van der Waals surface area contributed by atoms with Crippen LogP contribution in [0.15, 0.2) is 72.0 Å². The van der Waals surface area contributed by atoms with E-state index in [-0.39, 0.29) is 5.75 Å². The van der Waals surface area contributed by atoms with E-state index in [0.29, 0.717) is 16.9 Å². The fraction of sp³-hybridized carbons (Fsp3) is 0. The fourth-order valence-corrected chi connectivity index (χ4v) is 2.83. The van der Waals surface area contributed by atoms with Crippen LogP contribution < -0.4 is 5.84 Å². The van der Waals surface area contributed by atoms with Gasteiger partial charge in [0, 0.05) is 22.5 Å². The Balaban J connectivity index is 1.95. The minimum atomic E-state index is 0.127. The summed E-state index contributed by atoms with van der Waals surface area (Å²) in [6.45, 7) is 0. The van der Waals surface area contributed by atoms with E-state index in [2.05, 4.69) is 15.1 Å². The second kappa shape index (κ2) is 5.62. The predicted molar refractivity (Wildman–Crippen MR) is 95.0 cm³/mol. The number of nitrogens with two attached hydrogens (primary N) is 1. The number of rotatable bonds is 2. The number of phenols is 1. The van der Waals surface area contributed by atoms with Crippen LogP contribution in [0.25, 0.3) is 21.8 Å². The van der Waals surface area contributed by atoms with Gasteiger partial charge in [-0.3, -0.25) is 4.98 Å². The summed E-state index contributed by atoms with van der Waals surface area (Å²) in [7, 11) is 0. The lowest BCUT2D eigenvalue weighted by molar-refractivity contribution is 0.480. The minimum absolute atomic E-state index is 0.127. The number of hydrogen-bond donors (Lipinski definition) is 2. The van der Waals surface area contributed by atoms with Crippen LogP contribution in [0, 0.1) is 0 Å². The summed E-state index contributed by atoms with van der Waals surface area (Å²) in [5, 5.41) is 15.8. The summed E-state index contributed by atoms with van der Waals surface area (Å²) in [6.07, 6.45) is 1.74. The third-order valence-electron chi connectivity index (χ3n) is 3.96. The van der Waals surface area contributed by atoms with Crippen LogP contribution in [0.1, 0.15) is 11.3 Å². The molecule has 0 bridgehead atoms. The van der Waals surface area contributed by atoms with Gasteiger partial charge in [0.25, 0.3) is 0 Å². The second-order valence-electron chi connectivity index (χ2n) is 5.40. The van der Waals surface area contributed by atoms with Crippen LogP contribution in [0.2, 0.25) is 0 Å². The monoisotopic (exact) mass is 314 g/mol. The van der Waals surface area contributed by atoms with Gasteiger partial charge in [-0.2, -0.15) is 5.10 Å². The van der Waals surface area contributed by atoms with Gasteiger partial charge in [-0.25, -0.2) is 4.98 Å². The van der Waals surface area contributed by atoms with Crippen LogP contribution >= 0.6 is 0 Å². The van der Waals surface area contributed by atoms with E-state index < -0.39 is 0 Å². The topological polar surface area (TPSA) is 84.4 Å². The van der Waals surface area contributed by atoms with Crippen molar-refractivity contribution in [3.05, 3.63) is 78.1 Å². The molecule has 2 heterocycles. The molecule has 2 aromatic heterocycles. The van der Waals surface area contributed by atoms with Gasteiger partial charge >= 0.3 is 0 Å². The largest absolute Gasteiger partial charge is 0.506 e. The molecule has 0 saturated carbocycles. The van der Waals surface area contributed by atoms with Crippen molar-refractivity contribution < 1.29 is 5.11 Å². The molecule has 24 heavy (non-hydrogen) atoms. The molecule has 4 aromatic rings. The van der Waals surface area contributed by atoms with Gasteiger partial charge in [0.05, 0.1) is 11.2 Å². The normalized spacial score (nSPS) is 11.9. The Hall–Kier alpha value is -3.47. The maximum atomic E-state index is 10.0. The van der Waals surface area contributed by atoms with Gasteiger partial charge in [0.15, 0.2) is 0 Å². The zero-order valence-electron chi connectivity index (χ0n) is 12.7. The van der Waals surface area contributed by atoms with Crippen LogP contribution in [0.3, 0.4) is 0 Å². The summed E-state index contributed by atoms with van der Waals surface area (Å²) in [6, 6.07) is 18.7. The molecule has 116 valence electrons. The van der Waals surface area contributed by atoms with Crippen molar-refractivity contribution >= 4 is 27.5 Å². The molecular weight excluding hydrogens is 300 g/mol. The zero-order chi connectivity index (χ0) is 16.5. The quantitative estimate of drug-likeness (QED) is 0.338. The molecule has 4 rings (SSSR count). The summed E-state index contributed by atoms with van der Waals surface area (Å²) >= 11 is 0. The Morgan fingerprint density at radius 2 is 1.62 bits per heavy atom. The average Bonchev–Trinajstić information content (AvgIpc) is 2.63. The molecular formula is C19H14N4O. The van der Waals surface area contributed by atoms with Crippen molar-refractivity contribution in [2.24, 2.45) is 10.9 Å². The second-order valence-corrected chi connectivity index (χ2v) is 5.40. The first-order chi connectivity index (χ1) is 11.8. The van der Waals surface area contributed by atoms with Gasteiger partial charge in [0.2, 0.25) is 0 Å². The molecule has 0 aliphatic rings. The maximum Gasteiger partial charge on any atom is 0.141 e. The predicted octanol–water partition coefficient (Wildman–Crippen LogP) is 3.20. The highest BCUT2D eigenvalue weighted by Crippen LogP contribution is 2.24. The number of fused-ring (bicyclic) bond motifs is 2. The minimum Gasteiger partial charge on any atom is -0.506 e. The molecule has 0 radical (unpaired) electrons. The molecule has 0 unspecified atom stereocenters. The third-order valence-corrected chi connectivity index (χ3v) is 3.96. The lowest BCUT2D eigenvalue weighted by atomic mass is 10.0. The Bertz CT molecular complexity index is 1080. The molecule has 0 aliphatic heterocycles. The van der Waals surface area contributed by atoms with E-state index in [1.165, 1.54) is 0 Å². The van der Waals surface area contributed by atoms with E-state index in [4.69, 9.17) is 5.84 Å².